The zero-order valence-electron chi connectivity index (χ0n) is 13.7. The van der Waals surface area contributed by atoms with Crippen LogP contribution in [0.25, 0.3) is 0 Å². The molecule has 3 rings (SSSR count). The third-order valence-corrected chi connectivity index (χ3v) is 3.93. The average molecular weight is 330 g/mol. The normalized spacial score (nSPS) is 10.2. The molecule has 0 atom stereocenters. The van der Waals surface area contributed by atoms with E-state index in [-0.39, 0.29) is 24.8 Å². The summed E-state index contributed by atoms with van der Waals surface area (Å²) in [6.45, 7) is 0.145. The van der Waals surface area contributed by atoms with Crippen molar-refractivity contribution in [3.05, 3.63) is 107 Å². The van der Waals surface area contributed by atoms with Crippen molar-refractivity contribution < 1.29 is 14.3 Å². The monoisotopic (exact) mass is 330 g/mol. The van der Waals surface area contributed by atoms with E-state index in [1.54, 1.807) is 36.4 Å². The van der Waals surface area contributed by atoms with E-state index in [2.05, 4.69) is 0 Å². The quantitative estimate of drug-likeness (QED) is 0.495. The van der Waals surface area contributed by atoms with Gasteiger partial charge >= 0.3 is 5.97 Å². The number of benzene rings is 3. The Hall–Kier alpha value is -3.20. The van der Waals surface area contributed by atoms with Gasteiger partial charge in [-0.1, -0.05) is 72.8 Å². The fraction of sp³-hybridized carbons (Fsp3) is 0.0909. The molecule has 0 radical (unpaired) electrons. The van der Waals surface area contributed by atoms with E-state index in [0.29, 0.717) is 11.1 Å². The van der Waals surface area contributed by atoms with E-state index in [0.717, 1.165) is 11.1 Å². The minimum atomic E-state index is -0.371. The van der Waals surface area contributed by atoms with Gasteiger partial charge in [-0.3, -0.25) is 4.79 Å². The second-order valence-corrected chi connectivity index (χ2v) is 5.68. The minimum Gasteiger partial charge on any atom is -0.457 e. The van der Waals surface area contributed by atoms with Crippen LogP contribution in [-0.2, 0) is 17.8 Å². The summed E-state index contributed by atoms with van der Waals surface area (Å²) in [4.78, 5) is 24.5. The minimum absolute atomic E-state index is 0.0439. The summed E-state index contributed by atoms with van der Waals surface area (Å²) >= 11 is 0. The smallest absolute Gasteiger partial charge is 0.338 e. The number of Topliss-reactive ketones (excluding diaryl/α,β-unsaturated/α-hetero) is 1. The fourth-order valence-corrected chi connectivity index (χ4v) is 2.57. The van der Waals surface area contributed by atoms with Gasteiger partial charge in [-0.25, -0.2) is 4.79 Å². The topological polar surface area (TPSA) is 43.4 Å². The van der Waals surface area contributed by atoms with Gasteiger partial charge in [0.15, 0.2) is 5.78 Å². The first-order chi connectivity index (χ1) is 12.2. The molecule has 3 aromatic carbocycles. The van der Waals surface area contributed by atoms with Crippen LogP contribution in [0.1, 0.15) is 31.8 Å². The highest BCUT2D eigenvalue weighted by molar-refractivity contribution is 5.97. The summed E-state index contributed by atoms with van der Waals surface area (Å²) in [5.74, 6) is -0.327. The highest BCUT2D eigenvalue weighted by Crippen LogP contribution is 2.15. The molecule has 0 amide bonds. The Morgan fingerprint density at radius 1 is 0.640 bits per heavy atom. The van der Waals surface area contributed by atoms with Crippen molar-refractivity contribution in [1.29, 1.82) is 0 Å². The van der Waals surface area contributed by atoms with Crippen molar-refractivity contribution in [3.63, 3.8) is 0 Å². The molecule has 0 heterocycles. The van der Waals surface area contributed by atoms with Crippen LogP contribution in [0.5, 0.6) is 0 Å². The molecule has 3 nitrogen and oxygen atoms in total. The van der Waals surface area contributed by atoms with Gasteiger partial charge in [0.1, 0.15) is 6.61 Å². The maximum absolute atomic E-state index is 12.4. The summed E-state index contributed by atoms with van der Waals surface area (Å²) in [7, 11) is 0. The summed E-state index contributed by atoms with van der Waals surface area (Å²) in [6, 6.07) is 25.6. The van der Waals surface area contributed by atoms with E-state index in [4.69, 9.17) is 4.74 Å². The van der Waals surface area contributed by atoms with Crippen LogP contribution < -0.4 is 0 Å². The van der Waals surface area contributed by atoms with Crippen molar-refractivity contribution in [2.45, 2.75) is 13.0 Å². The second kappa shape index (κ2) is 8.06. The largest absolute Gasteiger partial charge is 0.457 e. The van der Waals surface area contributed by atoms with Gasteiger partial charge in [0, 0.05) is 12.0 Å². The third kappa shape index (κ3) is 4.42. The zero-order chi connectivity index (χ0) is 17.5. The third-order valence-electron chi connectivity index (χ3n) is 3.93. The van der Waals surface area contributed by atoms with E-state index in [1.807, 2.05) is 48.5 Å². The molecule has 0 saturated heterocycles. The number of carbonyl (C=O) groups is 2. The molecule has 3 aromatic rings. The predicted octanol–water partition coefficient (Wildman–Crippen LogP) is 4.47. The van der Waals surface area contributed by atoms with Gasteiger partial charge in [0.05, 0.1) is 5.56 Å². The Balaban J connectivity index is 1.69. The van der Waals surface area contributed by atoms with Crippen LogP contribution in [0.3, 0.4) is 0 Å². The van der Waals surface area contributed by atoms with Crippen LogP contribution in [0.4, 0.5) is 0 Å². The molecule has 0 aromatic heterocycles. The first kappa shape index (κ1) is 16.7. The number of hydrogen-bond acceptors (Lipinski definition) is 3. The first-order valence-corrected chi connectivity index (χ1v) is 8.11. The summed E-state index contributed by atoms with van der Waals surface area (Å²) < 4.78 is 5.39. The number of ether oxygens (including phenoxy) is 1. The first-order valence-electron chi connectivity index (χ1n) is 8.11. The lowest BCUT2D eigenvalue weighted by Crippen LogP contribution is -2.09. The lowest BCUT2D eigenvalue weighted by atomic mass is 9.99. The zero-order valence-corrected chi connectivity index (χ0v) is 13.7. The molecule has 25 heavy (non-hydrogen) atoms. The number of carbonyl (C=O) groups excluding carboxylic acids is 2. The summed E-state index contributed by atoms with van der Waals surface area (Å²) in [5.41, 5.74) is 2.91. The van der Waals surface area contributed by atoms with Crippen molar-refractivity contribution in [2.75, 3.05) is 0 Å². The molecular formula is C22H18O3. The van der Waals surface area contributed by atoms with E-state index < -0.39 is 0 Å². The van der Waals surface area contributed by atoms with E-state index >= 15 is 0 Å². The molecule has 0 aliphatic heterocycles. The lowest BCUT2D eigenvalue weighted by molar-refractivity contribution is 0.0472. The highest BCUT2D eigenvalue weighted by Gasteiger charge is 2.12. The van der Waals surface area contributed by atoms with Crippen LogP contribution in [-0.4, -0.2) is 11.8 Å². The molecule has 0 spiro atoms. The lowest BCUT2D eigenvalue weighted by Gasteiger charge is -2.10. The molecule has 0 aliphatic carbocycles. The molecule has 0 fully saturated rings. The van der Waals surface area contributed by atoms with Gasteiger partial charge in [-0.15, -0.1) is 0 Å². The average Bonchev–Trinajstić information content (AvgIpc) is 2.68. The molecule has 0 unspecified atom stereocenters. The molecule has 0 saturated carbocycles. The van der Waals surface area contributed by atoms with Crippen molar-refractivity contribution >= 4 is 11.8 Å². The Labute approximate surface area is 146 Å². The Kier molecular flexibility index (Phi) is 5.37. The van der Waals surface area contributed by atoms with Crippen LogP contribution >= 0.6 is 0 Å². The SMILES string of the molecule is O=C(Cc1ccccc1COC(=O)c1ccccc1)c1ccccc1. The van der Waals surface area contributed by atoms with Crippen molar-refractivity contribution in [2.24, 2.45) is 0 Å². The number of rotatable bonds is 6. The molecular weight excluding hydrogens is 312 g/mol. The number of hydrogen-bond donors (Lipinski definition) is 0. The second-order valence-electron chi connectivity index (χ2n) is 5.68. The van der Waals surface area contributed by atoms with Gasteiger partial charge < -0.3 is 4.74 Å². The molecule has 0 bridgehead atoms. The fourth-order valence-electron chi connectivity index (χ4n) is 2.57. The number of ketones is 1. The Morgan fingerprint density at radius 2 is 1.16 bits per heavy atom. The standard InChI is InChI=1S/C22H18O3/c23-21(17-9-3-1-4-10-17)15-19-13-7-8-14-20(19)16-25-22(24)18-11-5-2-6-12-18/h1-14H,15-16H2. The van der Waals surface area contributed by atoms with Crippen LogP contribution in [0, 0.1) is 0 Å². The van der Waals surface area contributed by atoms with Gasteiger partial charge in [0.2, 0.25) is 0 Å². The van der Waals surface area contributed by atoms with Crippen LogP contribution in [0.15, 0.2) is 84.9 Å². The molecule has 124 valence electrons. The summed E-state index contributed by atoms with van der Waals surface area (Å²) in [6.07, 6.45) is 0.281. The number of esters is 1. The van der Waals surface area contributed by atoms with E-state index in [1.165, 1.54) is 0 Å². The van der Waals surface area contributed by atoms with Gasteiger partial charge in [-0.05, 0) is 23.3 Å². The maximum Gasteiger partial charge on any atom is 0.338 e. The van der Waals surface area contributed by atoms with Gasteiger partial charge in [0.25, 0.3) is 0 Å². The molecule has 0 N–H and O–H groups in total. The van der Waals surface area contributed by atoms with Crippen LogP contribution in [0.2, 0.25) is 0 Å². The van der Waals surface area contributed by atoms with E-state index in [9.17, 15) is 9.59 Å². The van der Waals surface area contributed by atoms with Crippen molar-refractivity contribution in [3.8, 4) is 0 Å². The van der Waals surface area contributed by atoms with Crippen molar-refractivity contribution in [1.82, 2.24) is 0 Å². The Morgan fingerprint density at radius 3 is 1.80 bits per heavy atom. The maximum atomic E-state index is 12.4. The molecule has 0 aliphatic rings. The Bertz CT molecular complexity index is 855. The highest BCUT2D eigenvalue weighted by atomic mass is 16.5. The summed E-state index contributed by atoms with van der Waals surface area (Å²) in [5, 5.41) is 0. The molecule has 3 heteroatoms. The van der Waals surface area contributed by atoms with Gasteiger partial charge in [-0.2, -0.15) is 0 Å². The predicted molar refractivity (Wildman–Crippen MR) is 96.5 cm³/mol.